The Morgan fingerprint density at radius 3 is 2.55 bits per heavy atom. The van der Waals surface area contributed by atoms with Crippen LogP contribution in [0.4, 0.5) is 5.69 Å². The molecule has 0 unspecified atom stereocenters. The molecule has 0 aliphatic rings. The maximum atomic E-state index is 12.7. The first-order chi connectivity index (χ1) is 14.0. The van der Waals surface area contributed by atoms with Gasteiger partial charge in [-0.25, -0.2) is 4.98 Å². The van der Waals surface area contributed by atoms with E-state index < -0.39 is 0 Å². The summed E-state index contributed by atoms with van der Waals surface area (Å²) in [5, 5.41) is 1.16. The van der Waals surface area contributed by atoms with Crippen LogP contribution in [0, 0.1) is 0 Å². The van der Waals surface area contributed by atoms with E-state index in [2.05, 4.69) is 9.97 Å². The van der Waals surface area contributed by atoms with Crippen LogP contribution in [0.25, 0.3) is 22.4 Å². The Morgan fingerprint density at radius 1 is 1.03 bits per heavy atom. The van der Waals surface area contributed by atoms with Crippen molar-refractivity contribution in [2.45, 2.75) is 0 Å². The molecule has 0 radical (unpaired) electrons. The number of aromatic amines is 1. The molecule has 3 aromatic carbocycles. The number of nitrogens with zero attached hydrogens (tertiary/aromatic N) is 2. The highest BCUT2D eigenvalue weighted by Crippen LogP contribution is 2.33. The van der Waals surface area contributed by atoms with E-state index in [0.29, 0.717) is 32.9 Å². The van der Waals surface area contributed by atoms with Crippen LogP contribution >= 0.6 is 23.2 Å². The van der Waals surface area contributed by atoms with E-state index in [1.54, 1.807) is 49.5 Å². The Hall–Kier alpha value is -3.02. The van der Waals surface area contributed by atoms with E-state index in [9.17, 15) is 4.79 Å². The molecule has 0 aliphatic carbocycles. The van der Waals surface area contributed by atoms with Gasteiger partial charge in [-0.05, 0) is 48.5 Å². The molecule has 0 atom stereocenters. The molecule has 7 heteroatoms. The van der Waals surface area contributed by atoms with Gasteiger partial charge in [0.05, 0.1) is 16.7 Å². The summed E-state index contributed by atoms with van der Waals surface area (Å²) in [7, 11) is 1.70. The first-order valence-corrected chi connectivity index (χ1v) is 9.66. The van der Waals surface area contributed by atoms with Crippen LogP contribution in [0.15, 0.2) is 66.7 Å². The Labute approximate surface area is 177 Å². The van der Waals surface area contributed by atoms with Gasteiger partial charge in [0.15, 0.2) is 6.61 Å². The minimum Gasteiger partial charge on any atom is -0.484 e. The van der Waals surface area contributed by atoms with Gasteiger partial charge in [0.2, 0.25) is 0 Å². The van der Waals surface area contributed by atoms with Gasteiger partial charge < -0.3 is 14.6 Å². The minimum absolute atomic E-state index is 0.0850. The smallest absolute Gasteiger partial charge is 0.264 e. The van der Waals surface area contributed by atoms with Gasteiger partial charge in [-0.15, -0.1) is 0 Å². The van der Waals surface area contributed by atoms with Crippen molar-refractivity contribution >= 4 is 45.8 Å². The Balaban J connectivity index is 1.64. The molecule has 4 aromatic rings. The highest BCUT2D eigenvalue weighted by molar-refractivity contribution is 6.31. The van der Waals surface area contributed by atoms with Crippen molar-refractivity contribution in [1.29, 1.82) is 0 Å². The zero-order valence-corrected chi connectivity index (χ0v) is 17.0. The maximum Gasteiger partial charge on any atom is 0.264 e. The van der Waals surface area contributed by atoms with Crippen LogP contribution in [-0.2, 0) is 4.79 Å². The lowest BCUT2D eigenvalue weighted by molar-refractivity contribution is -0.120. The van der Waals surface area contributed by atoms with Gasteiger partial charge in [-0.1, -0.05) is 41.4 Å². The monoisotopic (exact) mass is 425 g/mol. The van der Waals surface area contributed by atoms with E-state index in [4.69, 9.17) is 27.9 Å². The second-order valence-corrected chi connectivity index (χ2v) is 7.34. The fourth-order valence-electron chi connectivity index (χ4n) is 2.99. The first-order valence-electron chi connectivity index (χ1n) is 8.91. The summed E-state index contributed by atoms with van der Waals surface area (Å²) in [5.74, 6) is 1.04. The number of fused-ring (bicyclic) bond motifs is 1. The third kappa shape index (κ3) is 4.21. The lowest BCUT2D eigenvalue weighted by atomic mass is 10.1. The summed E-state index contributed by atoms with van der Waals surface area (Å²) in [6, 6.07) is 19.9. The Bertz CT molecular complexity index is 1180. The van der Waals surface area contributed by atoms with Crippen LogP contribution in [-0.4, -0.2) is 29.5 Å². The number of benzene rings is 3. The molecule has 1 N–H and O–H groups in total. The third-order valence-corrected chi connectivity index (χ3v) is 4.97. The number of imidazole rings is 1. The summed E-state index contributed by atoms with van der Waals surface area (Å²) < 4.78 is 5.59. The molecule has 0 bridgehead atoms. The first kappa shape index (κ1) is 19.3. The van der Waals surface area contributed by atoms with Crippen molar-refractivity contribution in [2.75, 3.05) is 18.6 Å². The van der Waals surface area contributed by atoms with Crippen molar-refractivity contribution in [3.8, 4) is 17.1 Å². The number of rotatable bonds is 5. The average Bonchev–Trinajstić information content (AvgIpc) is 3.15. The van der Waals surface area contributed by atoms with Crippen LogP contribution < -0.4 is 9.64 Å². The predicted octanol–water partition coefficient (Wildman–Crippen LogP) is 5.58. The lowest BCUT2D eigenvalue weighted by Crippen LogP contribution is -2.31. The van der Waals surface area contributed by atoms with Crippen molar-refractivity contribution in [2.24, 2.45) is 0 Å². The molecule has 1 aromatic heterocycles. The van der Waals surface area contributed by atoms with Gasteiger partial charge in [-0.3, -0.25) is 4.79 Å². The van der Waals surface area contributed by atoms with E-state index in [0.717, 1.165) is 11.0 Å². The largest absolute Gasteiger partial charge is 0.484 e. The Kier molecular flexibility index (Phi) is 5.43. The van der Waals surface area contributed by atoms with Crippen molar-refractivity contribution in [1.82, 2.24) is 9.97 Å². The van der Waals surface area contributed by atoms with Crippen LogP contribution in [0.3, 0.4) is 0 Å². The van der Waals surface area contributed by atoms with Crippen LogP contribution in [0.1, 0.15) is 0 Å². The van der Waals surface area contributed by atoms with Gasteiger partial charge >= 0.3 is 0 Å². The number of para-hydroxylation sites is 1. The molecule has 29 heavy (non-hydrogen) atoms. The summed E-state index contributed by atoms with van der Waals surface area (Å²) in [6.07, 6.45) is 0. The van der Waals surface area contributed by atoms with Gasteiger partial charge in [-0.2, -0.15) is 0 Å². The van der Waals surface area contributed by atoms with E-state index in [1.807, 2.05) is 24.3 Å². The van der Waals surface area contributed by atoms with Crippen molar-refractivity contribution < 1.29 is 9.53 Å². The zero-order chi connectivity index (χ0) is 20.4. The molecule has 5 nitrogen and oxygen atoms in total. The molecule has 0 aliphatic heterocycles. The maximum absolute atomic E-state index is 12.7. The number of aromatic nitrogens is 2. The van der Waals surface area contributed by atoms with Crippen molar-refractivity contribution in [3.05, 3.63) is 76.8 Å². The van der Waals surface area contributed by atoms with E-state index in [-0.39, 0.29) is 12.5 Å². The number of carbonyl (C=O) groups is 1. The average molecular weight is 426 g/mol. The van der Waals surface area contributed by atoms with Gasteiger partial charge in [0, 0.05) is 22.7 Å². The zero-order valence-electron chi connectivity index (χ0n) is 15.5. The summed E-state index contributed by atoms with van der Waals surface area (Å²) in [6.45, 7) is -0.0850. The molecule has 0 spiro atoms. The highest BCUT2D eigenvalue weighted by Gasteiger charge is 2.19. The molecule has 1 amide bonds. The molecule has 0 saturated heterocycles. The number of anilines is 1. The van der Waals surface area contributed by atoms with E-state index in [1.165, 1.54) is 4.90 Å². The van der Waals surface area contributed by atoms with Crippen LogP contribution in [0.5, 0.6) is 5.75 Å². The second-order valence-electron chi connectivity index (χ2n) is 6.46. The SMILES string of the molecule is CN(C(=O)COc1ccccc1)c1ccc(Cl)cc1-c1nc2ccc(Cl)cc2[nH]1. The fourth-order valence-corrected chi connectivity index (χ4v) is 3.34. The number of nitrogens with one attached hydrogen (secondary N) is 1. The lowest BCUT2D eigenvalue weighted by Gasteiger charge is -2.20. The number of ether oxygens (including phenoxy) is 1. The number of amides is 1. The summed E-state index contributed by atoms with van der Waals surface area (Å²) in [5.41, 5.74) is 2.96. The molecule has 0 saturated carbocycles. The standard InChI is InChI=1S/C22H17Cl2N3O2/c1-27(21(28)13-29-16-5-3-2-4-6-16)20-10-8-14(23)11-17(20)22-25-18-9-7-15(24)12-19(18)26-22/h2-12H,13H2,1H3,(H,25,26). The predicted molar refractivity (Wildman–Crippen MR) is 117 cm³/mol. The van der Waals surface area contributed by atoms with Crippen LogP contribution in [0.2, 0.25) is 10.0 Å². The Morgan fingerprint density at radius 2 is 1.76 bits per heavy atom. The molecule has 146 valence electrons. The highest BCUT2D eigenvalue weighted by atomic mass is 35.5. The topological polar surface area (TPSA) is 58.2 Å². The van der Waals surface area contributed by atoms with Gasteiger partial charge in [0.1, 0.15) is 11.6 Å². The molecular formula is C22H17Cl2N3O2. The molecular weight excluding hydrogens is 409 g/mol. The number of hydrogen-bond acceptors (Lipinski definition) is 3. The fraction of sp³-hybridized carbons (Fsp3) is 0.0909. The number of H-pyrrole nitrogens is 1. The number of hydrogen-bond donors (Lipinski definition) is 1. The van der Waals surface area contributed by atoms with Gasteiger partial charge in [0.25, 0.3) is 5.91 Å². The quantitative estimate of drug-likeness (QED) is 0.453. The minimum atomic E-state index is -0.198. The third-order valence-electron chi connectivity index (χ3n) is 4.50. The summed E-state index contributed by atoms with van der Waals surface area (Å²) in [4.78, 5) is 22.1. The normalized spacial score (nSPS) is 10.9. The molecule has 1 heterocycles. The molecule has 0 fully saturated rings. The van der Waals surface area contributed by atoms with E-state index >= 15 is 0 Å². The summed E-state index contributed by atoms with van der Waals surface area (Å²) >= 11 is 12.3. The van der Waals surface area contributed by atoms with Crippen molar-refractivity contribution in [3.63, 3.8) is 0 Å². The number of likely N-dealkylation sites (N-methyl/N-ethyl adjacent to an activating group) is 1. The second kappa shape index (κ2) is 8.15. The molecule has 4 rings (SSSR count). The number of halogens is 2. The number of carbonyl (C=O) groups excluding carboxylic acids is 1.